The highest BCUT2D eigenvalue weighted by molar-refractivity contribution is 5.67. The SMILES string of the molecule is COC(=O)NC(C)CCCN. The van der Waals surface area contributed by atoms with E-state index in [1.54, 1.807) is 0 Å². The molecule has 4 heteroatoms. The first kappa shape index (κ1) is 10.2. The molecule has 0 saturated carbocycles. The van der Waals surface area contributed by atoms with Crippen LogP contribution in [0.15, 0.2) is 0 Å². The molecule has 66 valence electrons. The number of nitrogens with one attached hydrogen (secondary N) is 1. The number of alkyl carbamates (subject to hydrolysis) is 1. The Labute approximate surface area is 67.1 Å². The molecule has 1 amide bonds. The molecule has 0 aliphatic rings. The van der Waals surface area contributed by atoms with Gasteiger partial charge in [0.25, 0.3) is 0 Å². The van der Waals surface area contributed by atoms with Crippen molar-refractivity contribution in [3.05, 3.63) is 0 Å². The summed E-state index contributed by atoms with van der Waals surface area (Å²) in [5.74, 6) is 0. The number of carbonyl (C=O) groups excluding carboxylic acids is 1. The van der Waals surface area contributed by atoms with Crippen LogP contribution in [0.3, 0.4) is 0 Å². The van der Waals surface area contributed by atoms with Crippen LogP contribution >= 0.6 is 0 Å². The van der Waals surface area contributed by atoms with Crippen molar-refractivity contribution in [2.24, 2.45) is 5.73 Å². The Morgan fingerprint density at radius 2 is 2.36 bits per heavy atom. The van der Waals surface area contributed by atoms with Gasteiger partial charge in [0.05, 0.1) is 7.11 Å². The van der Waals surface area contributed by atoms with Crippen molar-refractivity contribution in [2.45, 2.75) is 25.8 Å². The molecule has 0 spiro atoms. The standard InChI is InChI=1S/C7H16N2O2/c1-6(4-3-5-8)9-7(10)11-2/h6H,3-5,8H2,1-2H3,(H,9,10). The quantitative estimate of drug-likeness (QED) is 0.628. The topological polar surface area (TPSA) is 64.3 Å². The molecule has 0 aromatic rings. The molecule has 0 aliphatic carbocycles. The fraction of sp³-hybridized carbons (Fsp3) is 0.857. The normalized spacial score (nSPS) is 12.3. The van der Waals surface area contributed by atoms with Crippen molar-refractivity contribution in [2.75, 3.05) is 13.7 Å². The second-order valence-electron chi connectivity index (χ2n) is 2.47. The lowest BCUT2D eigenvalue weighted by atomic mass is 10.2. The van der Waals surface area contributed by atoms with Crippen LogP contribution < -0.4 is 11.1 Å². The lowest BCUT2D eigenvalue weighted by molar-refractivity contribution is 0.167. The van der Waals surface area contributed by atoms with Crippen LogP contribution in [0.25, 0.3) is 0 Å². The van der Waals surface area contributed by atoms with Crippen molar-refractivity contribution in [3.63, 3.8) is 0 Å². The fourth-order valence-electron chi connectivity index (χ4n) is 0.756. The van der Waals surface area contributed by atoms with Crippen molar-refractivity contribution < 1.29 is 9.53 Å². The first-order chi connectivity index (χ1) is 5.20. The zero-order valence-corrected chi connectivity index (χ0v) is 7.09. The molecule has 11 heavy (non-hydrogen) atoms. The van der Waals surface area contributed by atoms with Gasteiger partial charge < -0.3 is 15.8 Å². The van der Waals surface area contributed by atoms with Gasteiger partial charge in [-0.1, -0.05) is 0 Å². The number of nitrogens with two attached hydrogens (primary N) is 1. The molecule has 0 aromatic carbocycles. The van der Waals surface area contributed by atoms with E-state index in [2.05, 4.69) is 10.1 Å². The van der Waals surface area contributed by atoms with E-state index in [-0.39, 0.29) is 12.1 Å². The molecule has 0 aromatic heterocycles. The van der Waals surface area contributed by atoms with E-state index in [9.17, 15) is 4.79 Å². The molecule has 0 rings (SSSR count). The third kappa shape index (κ3) is 5.66. The van der Waals surface area contributed by atoms with Crippen LogP contribution in [-0.4, -0.2) is 25.8 Å². The van der Waals surface area contributed by atoms with Crippen molar-refractivity contribution >= 4 is 6.09 Å². The predicted octanol–water partition coefficient (Wildman–Crippen LogP) is 0.470. The van der Waals surface area contributed by atoms with Gasteiger partial charge in [-0.05, 0) is 26.3 Å². The van der Waals surface area contributed by atoms with Gasteiger partial charge in [-0.15, -0.1) is 0 Å². The molecular weight excluding hydrogens is 144 g/mol. The average molecular weight is 160 g/mol. The minimum Gasteiger partial charge on any atom is -0.453 e. The summed E-state index contributed by atoms with van der Waals surface area (Å²) in [6.07, 6.45) is 1.44. The highest BCUT2D eigenvalue weighted by Crippen LogP contribution is 1.94. The molecule has 0 heterocycles. The Hall–Kier alpha value is -0.770. The number of carbonyl (C=O) groups is 1. The first-order valence-electron chi connectivity index (χ1n) is 3.75. The molecule has 0 aliphatic heterocycles. The minimum atomic E-state index is -0.380. The second kappa shape index (κ2) is 5.97. The summed E-state index contributed by atoms with van der Waals surface area (Å²) in [6, 6.07) is 0.144. The number of hydrogen-bond acceptors (Lipinski definition) is 3. The number of hydrogen-bond donors (Lipinski definition) is 2. The van der Waals surface area contributed by atoms with Gasteiger partial charge in [0.15, 0.2) is 0 Å². The summed E-state index contributed by atoms with van der Waals surface area (Å²) >= 11 is 0. The Kier molecular flexibility index (Phi) is 5.56. The van der Waals surface area contributed by atoms with E-state index in [1.165, 1.54) is 7.11 Å². The van der Waals surface area contributed by atoms with Crippen LogP contribution in [0.5, 0.6) is 0 Å². The van der Waals surface area contributed by atoms with Gasteiger partial charge in [-0.25, -0.2) is 4.79 Å². The summed E-state index contributed by atoms with van der Waals surface area (Å²) in [7, 11) is 1.35. The lowest BCUT2D eigenvalue weighted by Gasteiger charge is -2.11. The largest absolute Gasteiger partial charge is 0.453 e. The van der Waals surface area contributed by atoms with Crippen molar-refractivity contribution in [1.82, 2.24) is 5.32 Å². The van der Waals surface area contributed by atoms with E-state index in [4.69, 9.17) is 5.73 Å². The summed E-state index contributed by atoms with van der Waals surface area (Å²) in [4.78, 5) is 10.6. The molecule has 0 bridgehead atoms. The van der Waals surface area contributed by atoms with Crippen LogP contribution in [0, 0.1) is 0 Å². The molecule has 0 radical (unpaired) electrons. The summed E-state index contributed by atoms with van der Waals surface area (Å²) in [5.41, 5.74) is 5.30. The van der Waals surface area contributed by atoms with Crippen LogP contribution in [0.2, 0.25) is 0 Å². The highest BCUT2D eigenvalue weighted by atomic mass is 16.5. The maximum atomic E-state index is 10.6. The zero-order chi connectivity index (χ0) is 8.69. The van der Waals surface area contributed by atoms with Gasteiger partial charge in [0.2, 0.25) is 0 Å². The number of rotatable bonds is 4. The Morgan fingerprint density at radius 3 is 2.82 bits per heavy atom. The van der Waals surface area contributed by atoms with Gasteiger partial charge in [0.1, 0.15) is 0 Å². The average Bonchev–Trinajstić information content (AvgIpc) is 2.00. The van der Waals surface area contributed by atoms with Crippen LogP contribution in [0.4, 0.5) is 4.79 Å². The molecule has 0 saturated heterocycles. The molecule has 0 fully saturated rings. The fourth-order valence-corrected chi connectivity index (χ4v) is 0.756. The van der Waals surface area contributed by atoms with Crippen LogP contribution in [-0.2, 0) is 4.74 Å². The summed E-state index contributed by atoms with van der Waals surface area (Å²) < 4.78 is 4.42. The van der Waals surface area contributed by atoms with E-state index in [0.717, 1.165) is 12.8 Å². The second-order valence-corrected chi connectivity index (χ2v) is 2.47. The van der Waals surface area contributed by atoms with Gasteiger partial charge >= 0.3 is 6.09 Å². The molecular formula is C7H16N2O2. The van der Waals surface area contributed by atoms with Gasteiger partial charge in [0, 0.05) is 6.04 Å². The van der Waals surface area contributed by atoms with E-state index in [0.29, 0.717) is 6.54 Å². The Bertz CT molecular complexity index is 117. The highest BCUT2D eigenvalue weighted by Gasteiger charge is 2.04. The monoisotopic (exact) mass is 160 g/mol. The minimum absolute atomic E-state index is 0.144. The molecule has 1 unspecified atom stereocenters. The van der Waals surface area contributed by atoms with E-state index in [1.807, 2.05) is 6.92 Å². The maximum absolute atomic E-state index is 10.6. The van der Waals surface area contributed by atoms with Gasteiger partial charge in [-0.3, -0.25) is 0 Å². The summed E-state index contributed by atoms with van der Waals surface area (Å²) in [6.45, 7) is 2.58. The number of amides is 1. The van der Waals surface area contributed by atoms with E-state index < -0.39 is 0 Å². The van der Waals surface area contributed by atoms with E-state index >= 15 is 0 Å². The maximum Gasteiger partial charge on any atom is 0.407 e. The lowest BCUT2D eigenvalue weighted by Crippen LogP contribution is -2.32. The first-order valence-corrected chi connectivity index (χ1v) is 3.75. The Morgan fingerprint density at radius 1 is 1.73 bits per heavy atom. The number of methoxy groups -OCH3 is 1. The molecule has 3 N–H and O–H groups in total. The zero-order valence-electron chi connectivity index (χ0n) is 7.09. The van der Waals surface area contributed by atoms with Crippen molar-refractivity contribution in [3.8, 4) is 0 Å². The van der Waals surface area contributed by atoms with Crippen molar-refractivity contribution in [1.29, 1.82) is 0 Å². The molecule has 4 nitrogen and oxygen atoms in total. The molecule has 1 atom stereocenters. The third-order valence-corrected chi connectivity index (χ3v) is 1.39. The Balaban J connectivity index is 3.35. The third-order valence-electron chi connectivity index (χ3n) is 1.39. The smallest absolute Gasteiger partial charge is 0.407 e. The predicted molar refractivity (Wildman–Crippen MR) is 43.3 cm³/mol. The summed E-state index contributed by atoms with van der Waals surface area (Å²) in [5, 5.41) is 2.65. The van der Waals surface area contributed by atoms with Gasteiger partial charge in [-0.2, -0.15) is 0 Å². The van der Waals surface area contributed by atoms with Crippen LogP contribution in [0.1, 0.15) is 19.8 Å². The number of ether oxygens (including phenoxy) is 1.